The van der Waals surface area contributed by atoms with E-state index in [1.165, 1.54) is 5.56 Å². The van der Waals surface area contributed by atoms with Gasteiger partial charge in [0.15, 0.2) is 5.57 Å². The molecule has 0 fully saturated rings. The lowest BCUT2D eigenvalue weighted by atomic mass is 10.0. The van der Waals surface area contributed by atoms with Crippen molar-refractivity contribution in [2.45, 2.75) is 6.42 Å². The molecular formula is C14H13IO. The molecule has 0 atom stereocenters. The van der Waals surface area contributed by atoms with Gasteiger partial charge in [0.05, 0.1) is 25.2 Å². The van der Waals surface area contributed by atoms with Crippen LogP contribution in [0, 0.1) is 6.08 Å². The second kappa shape index (κ2) is 6.46. The molecule has 2 rings (SSSR count). The molecule has 2 heteroatoms. The maximum atomic E-state index is 5.12. The first kappa shape index (κ1) is 12.9. The van der Waals surface area contributed by atoms with Crippen molar-refractivity contribution in [2.75, 3.05) is 7.11 Å². The van der Waals surface area contributed by atoms with Gasteiger partial charge in [0.2, 0.25) is 0 Å². The Morgan fingerprint density at radius 3 is 2.56 bits per heavy atom. The third-order valence-electron chi connectivity index (χ3n) is 2.32. The van der Waals surface area contributed by atoms with Gasteiger partial charge in [-0.2, -0.15) is 0 Å². The molecule has 1 aliphatic rings. The Balaban J connectivity index is 0.00000128. The van der Waals surface area contributed by atoms with E-state index < -0.39 is 0 Å². The number of hydrogen-bond donors (Lipinski definition) is 0. The van der Waals surface area contributed by atoms with Crippen LogP contribution in [0.1, 0.15) is 12.0 Å². The highest BCUT2D eigenvalue weighted by atomic mass is 127. The topological polar surface area (TPSA) is 9.23 Å². The lowest BCUT2D eigenvalue weighted by Crippen LogP contribution is -3.00. The van der Waals surface area contributed by atoms with Crippen LogP contribution >= 0.6 is 0 Å². The van der Waals surface area contributed by atoms with Crippen molar-refractivity contribution in [1.29, 1.82) is 0 Å². The molecule has 0 spiro atoms. The van der Waals surface area contributed by atoms with Gasteiger partial charge in [-0.05, 0) is 18.2 Å². The van der Waals surface area contributed by atoms with Crippen LogP contribution in [0.3, 0.4) is 0 Å². The summed E-state index contributed by atoms with van der Waals surface area (Å²) < 4.78 is 5.12. The second-order valence-electron chi connectivity index (χ2n) is 3.31. The van der Waals surface area contributed by atoms with Gasteiger partial charge in [0.25, 0.3) is 0 Å². The summed E-state index contributed by atoms with van der Waals surface area (Å²) >= 11 is 0. The summed E-state index contributed by atoms with van der Waals surface area (Å²) in [7, 11) is 1.68. The normalized spacial score (nSPS) is 13.2. The first-order valence-electron chi connectivity index (χ1n) is 4.98. The van der Waals surface area contributed by atoms with Crippen LogP contribution in [-0.4, -0.2) is 7.11 Å². The average molecular weight is 324 g/mol. The second-order valence-corrected chi connectivity index (χ2v) is 3.31. The summed E-state index contributed by atoms with van der Waals surface area (Å²) in [4.78, 5) is 0. The molecule has 0 aromatic heterocycles. The van der Waals surface area contributed by atoms with Gasteiger partial charge in [-0.15, -0.1) is 0 Å². The van der Waals surface area contributed by atoms with Crippen LogP contribution in [0.2, 0.25) is 0 Å². The highest BCUT2D eigenvalue weighted by Crippen LogP contribution is 2.20. The zero-order valence-electron chi connectivity index (χ0n) is 9.11. The Kier molecular flexibility index (Phi) is 5.23. The number of ether oxygens (including phenoxy) is 1. The van der Waals surface area contributed by atoms with Crippen molar-refractivity contribution in [1.82, 2.24) is 0 Å². The lowest BCUT2D eigenvalue weighted by Gasteiger charge is -1.97. The summed E-state index contributed by atoms with van der Waals surface area (Å²) in [5.41, 5.74) is 2.32. The quantitative estimate of drug-likeness (QED) is 0.565. The lowest BCUT2D eigenvalue weighted by molar-refractivity contribution is -0.00000326. The van der Waals surface area contributed by atoms with Gasteiger partial charge in [-0.3, -0.25) is 0 Å². The third-order valence-corrected chi connectivity index (χ3v) is 2.32. The standard InChI is InChI=1S/C14H13O.HI/c1-15-14-10-8-13(9-11-14)12-6-4-2-3-5-7-12;/h2-4,6,8-11H,5H2,1H3;1H/q+1;/p-1. The summed E-state index contributed by atoms with van der Waals surface area (Å²) in [6.07, 6.45) is 12.5. The van der Waals surface area contributed by atoms with E-state index in [-0.39, 0.29) is 24.0 Å². The first-order valence-corrected chi connectivity index (χ1v) is 4.98. The van der Waals surface area contributed by atoms with E-state index >= 15 is 0 Å². The predicted octanol–water partition coefficient (Wildman–Crippen LogP) is 0.402. The van der Waals surface area contributed by atoms with Crippen LogP contribution in [0.25, 0.3) is 5.57 Å². The zero-order chi connectivity index (χ0) is 10.5. The van der Waals surface area contributed by atoms with Crippen LogP contribution in [0.5, 0.6) is 5.75 Å². The minimum atomic E-state index is 0. The van der Waals surface area contributed by atoms with E-state index in [1.54, 1.807) is 7.11 Å². The highest BCUT2D eigenvalue weighted by Gasteiger charge is 2.09. The van der Waals surface area contributed by atoms with Gasteiger partial charge < -0.3 is 28.7 Å². The molecule has 82 valence electrons. The van der Waals surface area contributed by atoms with Crippen molar-refractivity contribution in [3.05, 3.63) is 60.2 Å². The molecule has 16 heavy (non-hydrogen) atoms. The average Bonchev–Trinajstić information content (AvgIpc) is 2.58. The molecule has 0 aliphatic heterocycles. The Morgan fingerprint density at radius 1 is 1.12 bits per heavy atom. The largest absolute Gasteiger partial charge is 1.00 e. The fourth-order valence-electron chi connectivity index (χ4n) is 1.50. The molecule has 1 nitrogen and oxygen atoms in total. The van der Waals surface area contributed by atoms with Crippen LogP contribution in [-0.2, 0) is 0 Å². The van der Waals surface area contributed by atoms with Crippen molar-refractivity contribution >= 4 is 5.57 Å². The number of benzene rings is 1. The molecule has 0 saturated carbocycles. The van der Waals surface area contributed by atoms with E-state index in [4.69, 9.17) is 4.74 Å². The Hall–Kier alpha value is -1.12. The van der Waals surface area contributed by atoms with E-state index in [9.17, 15) is 0 Å². The van der Waals surface area contributed by atoms with E-state index in [0.717, 1.165) is 17.7 Å². The third kappa shape index (κ3) is 3.19. The molecule has 0 saturated heterocycles. The van der Waals surface area contributed by atoms with Crippen LogP contribution < -0.4 is 28.7 Å². The van der Waals surface area contributed by atoms with Crippen molar-refractivity contribution < 1.29 is 28.7 Å². The van der Waals surface area contributed by atoms with Crippen molar-refractivity contribution in [2.24, 2.45) is 0 Å². The van der Waals surface area contributed by atoms with Gasteiger partial charge in [0, 0.05) is 18.2 Å². The Morgan fingerprint density at radius 2 is 1.88 bits per heavy atom. The molecule has 1 aromatic rings. The predicted molar refractivity (Wildman–Crippen MR) is 62.5 cm³/mol. The van der Waals surface area contributed by atoms with E-state index in [2.05, 4.69) is 30.4 Å². The number of allylic oxidation sites excluding steroid dienone is 6. The summed E-state index contributed by atoms with van der Waals surface area (Å²) in [6.45, 7) is 0. The number of methoxy groups -OCH3 is 1. The van der Waals surface area contributed by atoms with Crippen LogP contribution in [0.15, 0.2) is 48.6 Å². The zero-order valence-corrected chi connectivity index (χ0v) is 11.3. The molecule has 1 aliphatic carbocycles. The van der Waals surface area contributed by atoms with Gasteiger partial charge >= 0.3 is 0 Å². The SMILES string of the molecule is COc1ccc(C2=[C+]CC=CC=C2)cc1.[I-]. The molecule has 0 unspecified atom stereocenters. The molecule has 0 bridgehead atoms. The highest BCUT2D eigenvalue weighted by molar-refractivity contribution is 5.73. The molecule has 0 amide bonds. The molecule has 0 radical (unpaired) electrons. The number of halogens is 1. The van der Waals surface area contributed by atoms with Gasteiger partial charge in [-0.25, -0.2) is 0 Å². The minimum Gasteiger partial charge on any atom is -1.00 e. The van der Waals surface area contributed by atoms with E-state index in [1.807, 2.05) is 24.3 Å². The minimum absolute atomic E-state index is 0. The monoisotopic (exact) mass is 324 g/mol. The van der Waals surface area contributed by atoms with Gasteiger partial charge in [-0.1, -0.05) is 12.2 Å². The maximum absolute atomic E-state index is 5.12. The van der Waals surface area contributed by atoms with Crippen molar-refractivity contribution in [3.8, 4) is 5.75 Å². The summed E-state index contributed by atoms with van der Waals surface area (Å²) in [5.74, 6) is 0.884. The van der Waals surface area contributed by atoms with Gasteiger partial charge in [0.1, 0.15) is 5.75 Å². The first-order chi connectivity index (χ1) is 7.40. The molecule has 1 aromatic carbocycles. The molecule has 0 N–H and O–H groups in total. The van der Waals surface area contributed by atoms with E-state index in [0.29, 0.717) is 0 Å². The Bertz CT molecular complexity index is 413. The molecular weight excluding hydrogens is 311 g/mol. The van der Waals surface area contributed by atoms with Crippen LogP contribution in [0.4, 0.5) is 0 Å². The fourth-order valence-corrected chi connectivity index (χ4v) is 1.50. The summed E-state index contributed by atoms with van der Waals surface area (Å²) in [5, 5.41) is 0. The number of rotatable bonds is 2. The fraction of sp³-hybridized carbons (Fsp3) is 0.143. The Labute approximate surface area is 114 Å². The summed E-state index contributed by atoms with van der Waals surface area (Å²) in [6, 6.07) is 8.04. The smallest absolute Gasteiger partial charge is 0.191 e. The maximum Gasteiger partial charge on any atom is 0.191 e. The molecule has 0 heterocycles. The number of hydrogen-bond acceptors (Lipinski definition) is 1. The van der Waals surface area contributed by atoms with Crippen molar-refractivity contribution in [3.63, 3.8) is 0 Å².